The summed E-state index contributed by atoms with van der Waals surface area (Å²) < 4.78 is 0. The lowest BCUT2D eigenvalue weighted by Gasteiger charge is -2.24. The van der Waals surface area contributed by atoms with Crippen LogP contribution in [-0.2, 0) is 17.6 Å². The minimum absolute atomic E-state index is 0.0697. The SMILES string of the molecule is O=C(NCCc1ccccc1)[C@H]1c2ccccc2C(=O)N1CCc1ccccc1. The van der Waals surface area contributed by atoms with Gasteiger partial charge in [-0.2, -0.15) is 0 Å². The zero-order valence-corrected chi connectivity index (χ0v) is 16.3. The summed E-state index contributed by atoms with van der Waals surface area (Å²) >= 11 is 0. The third kappa shape index (κ3) is 4.21. The van der Waals surface area contributed by atoms with Crippen molar-refractivity contribution in [1.29, 1.82) is 0 Å². The normalized spacial score (nSPS) is 15.2. The second kappa shape index (κ2) is 8.74. The standard InChI is InChI=1S/C25H24N2O2/c28-24(26-17-15-19-9-3-1-4-10-19)23-21-13-7-8-14-22(21)25(29)27(23)18-16-20-11-5-2-6-12-20/h1-14,23H,15-18H2,(H,26,28)/t23-/m1/s1. The molecule has 1 aliphatic heterocycles. The van der Waals surface area contributed by atoms with E-state index in [1.54, 1.807) is 4.90 Å². The summed E-state index contributed by atoms with van der Waals surface area (Å²) in [7, 11) is 0. The van der Waals surface area contributed by atoms with Crippen LogP contribution >= 0.6 is 0 Å². The van der Waals surface area contributed by atoms with Crippen molar-refractivity contribution in [2.75, 3.05) is 13.1 Å². The predicted octanol–water partition coefficient (Wildman–Crippen LogP) is 3.79. The first kappa shape index (κ1) is 18.9. The van der Waals surface area contributed by atoms with E-state index in [0.717, 1.165) is 17.5 Å². The van der Waals surface area contributed by atoms with E-state index >= 15 is 0 Å². The van der Waals surface area contributed by atoms with Gasteiger partial charge in [-0.1, -0.05) is 78.9 Å². The molecule has 0 unspecified atom stereocenters. The molecule has 0 spiro atoms. The molecule has 1 N–H and O–H groups in total. The molecule has 0 radical (unpaired) electrons. The topological polar surface area (TPSA) is 49.4 Å². The Kier molecular flexibility index (Phi) is 5.71. The second-order valence-electron chi connectivity index (χ2n) is 7.25. The molecule has 4 rings (SSSR count). The van der Waals surface area contributed by atoms with Crippen LogP contribution in [0, 0.1) is 0 Å². The van der Waals surface area contributed by atoms with Gasteiger partial charge in [0, 0.05) is 18.7 Å². The van der Waals surface area contributed by atoms with Crippen LogP contribution in [-0.4, -0.2) is 29.8 Å². The maximum absolute atomic E-state index is 13.1. The number of rotatable bonds is 7. The largest absolute Gasteiger partial charge is 0.354 e. The molecule has 29 heavy (non-hydrogen) atoms. The van der Waals surface area contributed by atoms with Gasteiger partial charge in [0.05, 0.1) is 0 Å². The average Bonchev–Trinajstić information content (AvgIpc) is 3.05. The van der Waals surface area contributed by atoms with E-state index in [-0.39, 0.29) is 11.8 Å². The van der Waals surface area contributed by atoms with Crippen molar-refractivity contribution in [1.82, 2.24) is 10.2 Å². The van der Waals surface area contributed by atoms with Crippen molar-refractivity contribution in [2.24, 2.45) is 0 Å². The number of nitrogens with zero attached hydrogens (tertiary/aromatic N) is 1. The predicted molar refractivity (Wildman–Crippen MR) is 114 cm³/mol. The van der Waals surface area contributed by atoms with E-state index in [0.29, 0.717) is 25.1 Å². The number of fused-ring (bicyclic) bond motifs is 1. The number of amides is 2. The van der Waals surface area contributed by atoms with Gasteiger partial charge in [0.15, 0.2) is 0 Å². The Morgan fingerprint density at radius 1 is 0.793 bits per heavy atom. The van der Waals surface area contributed by atoms with Crippen molar-refractivity contribution in [3.63, 3.8) is 0 Å². The lowest BCUT2D eigenvalue weighted by atomic mass is 10.0. The van der Waals surface area contributed by atoms with Gasteiger partial charge in [0.1, 0.15) is 6.04 Å². The highest BCUT2D eigenvalue weighted by Crippen LogP contribution is 2.33. The zero-order chi connectivity index (χ0) is 20.1. The smallest absolute Gasteiger partial charge is 0.255 e. The molecule has 0 aromatic heterocycles. The maximum atomic E-state index is 13.1. The van der Waals surface area contributed by atoms with Crippen LogP contribution in [0.4, 0.5) is 0 Å². The first-order valence-electron chi connectivity index (χ1n) is 9.99. The highest BCUT2D eigenvalue weighted by atomic mass is 16.2. The van der Waals surface area contributed by atoms with Crippen LogP contribution in [0.3, 0.4) is 0 Å². The lowest BCUT2D eigenvalue weighted by molar-refractivity contribution is -0.125. The third-order valence-electron chi connectivity index (χ3n) is 5.35. The van der Waals surface area contributed by atoms with E-state index < -0.39 is 6.04 Å². The molecule has 0 saturated carbocycles. The Bertz CT molecular complexity index is 986. The number of hydrogen-bond donors (Lipinski definition) is 1. The number of nitrogens with one attached hydrogen (secondary N) is 1. The molecule has 146 valence electrons. The van der Waals surface area contributed by atoms with Gasteiger partial charge in [-0.15, -0.1) is 0 Å². The van der Waals surface area contributed by atoms with Crippen molar-refractivity contribution in [3.8, 4) is 0 Å². The molecular formula is C25H24N2O2. The molecule has 3 aromatic carbocycles. The molecule has 4 nitrogen and oxygen atoms in total. The molecule has 0 aliphatic carbocycles. The molecule has 4 heteroatoms. The van der Waals surface area contributed by atoms with E-state index in [1.807, 2.05) is 84.9 Å². The lowest BCUT2D eigenvalue weighted by Crippen LogP contribution is -2.40. The molecule has 0 saturated heterocycles. The van der Waals surface area contributed by atoms with Crippen LogP contribution in [0.5, 0.6) is 0 Å². The summed E-state index contributed by atoms with van der Waals surface area (Å²) in [5, 5.41) is 3.03. The van der Waals surface area contributed by atoms with Gasteiger partial charge < -0.3 is 10.2 Å². The van der Waals surface area contributed by atoms with Crippen molar-refractivity contribution in [2.45, 2.75) is 18.9 Å². The summed E-state index contributed by atoms with van der Waals surface area (Å²) in [6, 6.07) is 27.0. The van der Waals surface area contributed by atoms with Gasteiger partial charge in [0.25, 0.3) is 5.91 Å². The van der Waals surface area contributed by atoms with Crippen LogP contribution < -0.4 is 5.32 Å². The Morgan fingerprint density at radius 2 is 1.38 bits per heavy atom. The Hall–Kier alpha value is -3.40. The molecular weight excluding hydrogens is 360 g/mol. The Balaban J connectivity index is 1.47. The quantitative estimate of drug-likeness (QED) is 0.674. The highest BCUT2D eigenvalue weighted by Gasteiger charge is 2.40. The van der Waals surface area contributed by atoms with Crippen LogP contribution in [0.1, 0.15) is 33.1 Å². The summed E-state index contributed by atoms with van der Waals surface area (Å²) in [5.74, 6) is -0.188. The highest BCUT2D eigenvalue weighted by molar-refractivity contribution is 6.04. The van der Waals surface area contributed by atoms with Gasteiger partial charge in [-0.05, 0) is 35.6 Å². The van der Waals surface area contributed by atoms with E-state index in [1.165, 1.54) is 5.56 Å². The number of carbonyl (C=O) groups excluding carboxylic acids is 2. The van der Waals surface area contributed by atoms with Crippen LogP contribution in [0.25, 0.3) is 0 Å². The third-order valence-corrected chi connectivity index (χ3v) is 5.35. The summed E-state index contributed by atoms with van der Waals surface area (Å²) in [4.78, 5) is 27.7. The van der Waals surface area contributed by atoms with Gasteiger partial charge in [0.2, 0.25) is 5.91 Å². The fourth-order valence-corrected chi connectivity index (χ4v) is 3.85. The molecule has 1 atom stereocenters. The number of hydrogen-bond acceptors (Lipinski definition) is 2. The Morgan fingerprint density at radius 3 is 2.07 bits per heavy atom. The molecule has 0 fully saturated rings. The maximum Gasteiger partial charge on any atom is 0.255 e. The molecule has 1 heterocycles. The van der Waals surface area contributed by atoms with Crippen molar-refractivity contribution in [3.05, 3.63) is 107 Å². The fraction of sp³-hybridized carbons (Fsp3) is 0.200. The Labute approximate surface area is 171 Å². The van der Waals surface area contributed by atoms with Crippen LogP contribution in [0.2, 0.25) is 0 Å². The summed E-state index contributed by atoms with van der Waals surface area (Å²) in [6.45, 7) is 1.05. The van der Waals surface area contributed by atoms with Crippen molar-refractivity contribution >= 4 is 11.8 Å². The zero-order valence-electron chi connectivity index (χ0n) is 16.3. The first-order chi connectivity index (χ1) is 14.2. The molecule has 0 bridgehead atoms. The monoisotopic (exact) mass is 384 g/mol. The van der Waals surface area contributed by atoms with Gasteiger partial charge >= 0.3 is 0 Å². The molecule has 1 aliphatic rings. The molecule has 2 amide bonds. The minimum atomic E-state index is -0.571. The summed E-state index contributed by atoms with van der Waals surface area (Å²) in [5.41, 5.74) is 3.75. The van der Waals surface area contributed by atoms with Crippen LogP contribution in [0.15, 0.2) is 84.9 Å². The first-order valence-corrected chi connectivity index (χ1v) is 9.99. The van der Waals surface area contributed by atoms with Gasteiger partial charge in [-0.25, -0.2) is 0 Å². The van der Waals surface area contributed by atoms with E-state index in [4.69, 9.17) is 0 Å². The minimum Gasteiger partial charge on any atom is -0.354 e. The number of benzene rings is 3. The molecule has 3 aromatic rings. The number of carbonyl (C=O) groups is 2. The van der Waals surface area contributed by atoms with E-state index in [9.17, 15) is 9.59 Å². The second-order valence-corrected chi connectivity index (χ2v) is 7.25. The van der Waals surface area contributed by atoms with Crippen molar-refractivity contribution < 1.29 is 9.59 Å². The summed E-state index contributed by atoms with van der Waals surface area (Å²) in [6.07, 6.45) is 1.48. The van der Waals surface area contributed by atoms with Gasteiger partial charge in [-0.3, -0.25) is 9.59 Å². The average molecular weight is 384 g/mol. The fourth-order valence-electron chi connectivity index (χ4n) is 3.85. The van der Waals surface area contributed by atoms with E-state index in [2.05, 4.69) is 5.32 Å².